The number of carbonyl (C=O) groups is 2. The van der Waals surface area contributed by atoms with Gasteiger partial charge in [-0.3, -0.25) is 9.59 Å². The first-order valence-electron chi connectivity index (χ1n) is 12.9. The molecule has 0 spiro atoms. The zero-order valence-electron chi connectivity index (χ0n) is 21.5. The van der Waals surface area contributed by atoms with Gasteiger partial charge in [0.25, 0.3) is 5.91 Å². The molecule has 0 atom stereocenters. The van der Waals surface area contributed by atoms with Gasteiger partial charge in [-0.1, -0.05) is 67.3 Å². The number of carbonyl (C=O) groups excluding carboxylic acids is 2. The Labute approximate surface area is 231 Å². The molecule has 3 aromatic carbocycles. The number of hydrogen-bond donors (Lipinski definition) is 0. The molecule has 0 unspecified atom stereocenters. The maximum Gasteiger partial charge on any atom is 0.266 e. The van der Waals surface area contributed by atoms with Crippen molar-refractivity contribution in [1.29, 1.82) is 0 Å². The Hall–Kier alpha value is -3.22. The predicted molar refractivity (Wildman–Crippen MR) is 155 cm³/mol. The van der Waals surface area contributed by atoms with Crippen LogP contribution in [0.2, 0.25) is 5.02 Å². The van der Waals surface area contributed by atoms with E-state index in [0.29, 0.717) is 15.5 Å². The molecule has 1 fully saturated rings. The minimum absolute atomic E-state index is 0.0435. The molecule has 38 heavy (non-hydrogen) atoms. The molecule has 2 amide bonds. The largest absolute Gasteiger partial charge is 0.330 e. The summed E-state index contributed by atoms with van der Waals surface area (Å²) in [5, 5.41) is 1.35. The summed E-state index contributed by atoms with van der Waals surface area (Å²) in [6, 6.07) is 20.4. The first kappa shape index (κ1) is 26.4. The Morgan fingerprint density at radius 2 is 1.66 bits per heavy atom. The fraction of sp³-hybridized carbons (Fsp3) is 0.290. The van der Waals surface area contributed by atoms with Crippen LogP contribution in [0.5, 0.6) is 0 Å². The van der Waals surface area contributed by atoms with Crippen molar-refractivity contribution in [3.05, 3.63) is 88.0 Å². The normalized spacial score (nSPS) is 14.0. The number of hydrogen-bond acceptors (Lipinski definition) is 3. The molecule has 0 saturated heterocycles. The molecule has 1 aliphatic rings. The van der Waals surface area contributed by atoms with Gasteiger partial charge in [-0.05, 0) is 54.3 Å². The fourth-order valence-electron chi connectivity index (χ4n) is 5.16. The second-order valence-corrected chi connectivity index (χ2v) is 11.3. The van der Waals surface area contributed by atoms with Crippen LogP contribution in [0.3, 0.4) is 0 Å². The highest BCUT2D eigenvalue weighted by Gasteiger charge is 2.30. The van der Waals surface area contributed by atoms with E-state index in [1.807, 2.05) is 59.5 Å². The molecular formula is C31H30ClFN2O2S. The van der Waals surface area contributed by atoms with Crippen LogP contribution in [-0.4, -0.2) is 29.8 Å². The van der Waals surface area contributed by atoms with Crippen LogP contribution in [-0.2, 0) is 11.3 Å². The molecule has 0 bridgehead atoms. The number of benzene rings is 3. The molecule has 0 aliphatic heterocycles. The van der Waals surface area contributed by atoms with Gasteiger partial charge in [0.15, 0.2) is 0 Å². The van der Waals surface area contributed by atoms with Crippen molar-refractivity contribution in [2.45, 2.75) is 51.6 Å². The fourth-order valence-corrected chi connectivity index (χ4v) is 6.63. The van der Waals surface area contributed by atoms with E-state index in [9.17, 15) is 9.59 Å². The number of anilines is 1. The lowest BCUT2D eigenvalue weighted by atomic mass is 9.93. The van der Waals surface area contributed by atoms with Crippen molar-refractivity contribution >= 4 is 50.5 Å². The summed E-state index contributed by atoms with van der Waals surface area (Å²) in [6.07, 6.45) is 5.07. The summed E-state index contributed by atoms with van der Waals surface area (Å²) in [5.74, 6) is -0.518. The van der Waals surface area contributed by atoms with Crippen LogP contribution in [0.4, 0.5) is 10.1 Å². The number of halogens is 2. The lowest BCUT2D eigenvalue weighted by Crippen LogP contribution is -2.41. The third-order valence-electron chi connectivity index (χ3n) is 7.45. The minimum atomic E-state index is -0.335. The van der Waals surface area contributed by atoms with Gasteiger partial charge in [-0.15, -0.1) is 11.3 Å². The summed E-state index contributed by atoms with van der Waals surface area (Å²) in [5.41, 5.74) is 3.03. The van der Waals surface area contributed by atoms with Crippen molar-refractivity contribution < 1.29 is 14.0 Å². The molecule has 0 radical (unpaired) electrons. The molecule has 1 heterocycles. The summed E-state index contributed by atoms with van der Waals surface area (Å²) < 4.78 is 16.1. The standard InChI is InChI=1S/C31H30ClFN2O2S/c1-20(36)34(2)24-15-12-21(13-16-24)22-14-17-27(33)23(18-22)19-35(25-8-4-3-5-9-25)31(37)30-29(32)26-10-6-7-11-28(26)38-30/h6-7,10-18,25H,3-5,8-9,19H2,1-2H3. The SMILES string of the molecule is CC(=O)N(C)c1ccc(-c2ccc(F)c(CN(C(=O)c3sc4ccccc4c3Cl)C3CCCCC3)c2)cc1. The van der Waals surface area contributed by atoms with Crippen molar-refractivity contribution in [1.82, 2.24) is 4.90 Å². The van der Waals surface area contributed by atoms with E-state index in [-0.39, 0.29) is 30.2 Å². The Morgan fingerprint density at radius 1 is 0.974 bits per heavy atom. The number of amides is 2. The van der Waals surface area contributed by atoms with E-state index < -0.39 is 0 Å². The van der Waals surface area contributed by atoms with Gasteiger partial charge in [0, 0.05) is 47.9 Å². The smallest absolute Gasteiger partial charge is 0.266 e. The molecule has 1 saturated carbocycles. The summed E-state index contributed by atoms with van der Waals surface area (Å²) >= 11 is 8.09. The third-order valence-corrected chi connectivity index (χ3v) is 9.12. The lowest BCUT2D eigenvalue weighted by molar-refractivity contribution is -0.116. The van der Waals surface area contributed by atoms with E-state index in [1.54, 1.807) is 18.0 Å². The highest BCUT2D eigenvalue weighted by Crippen LogP contribution is 2.38. The van der Waals surface area contributed by atoms with E-state index >= 15 is 4.39 Å². The van der Waals surface area contributed by atoms with Gasteiger partial charge < -0.3 is 9.80 Å². The van der Waals surface area contributed by atoms with Gasteiger partial charge in [0.05, 0.1) is 5.02 Å². The number of fused-ring (bicyclic) bond motifs is 1. The Morgan fingerprint density at radius 3 is 2.34 bits per heavy atom. The second-order valence-electron chi connectivity index (χ2n) is 9.90. The topological polar surface area (TPSA) is 40.6 Å². The zero-order chi connectivity index (χ0) is 26.8. The quantitative estimate of drug-likeness (QED) is 0.243. The van der Waals surface area contributed by atoms with E-state index in [4.69, 9.17) is 11.6 Å². The summed E-state index contributed by atoms with van der Waals surface area (Å²) in [6.45, 7) is 1.70. The molecule has 7 heteroatoms. The van der Waals surface area contributed by atoms with Crippen molar-refractivity contribution in [2.24, 2.45) is 0 Å². The Kier molecular flexibility index (Phi) is 7.82. The van der Waals surface area contributed by atoms with Crippen molar-refractivity contribution in [3.8, 4) is 11.1 Å². The van der Waals surface area contributed by atoms with Gasteiger partial charge in [-0.25, -0.2) is 4.39 Å². The van der Waals surface area contributed by atoms with Gasteiger partial charge in [0.1, 0.15) is 10.7 Å². The first-order valence-corrected chi connectivity index (χ1v) is 14.1. The molecule has 1 aromatic heterocycles. The molecule has 4 nitrogen and oxygen atoms in total. The van der Waals surface area contributed by atoms with E-state index in [1.165, 1.54) is 24.3 Å². The van der Waals surface area contributed by atoms with Crippen LogP contribution in [0.25, 0.3) is 21.2 Å². The van der Waals surface area contributed by atoms with Crippen LogP contribution in [0, 0.1) is 5.82 Å². The van der Waals surface area contributed by atoms with Gasteiger partial charge >= 0.3 is 0 Å². The highest BCUT2D eigenvalue weighted by atomic mass is 35.5. The third kappa shape index (κ3) is 5.33. The second kappa shape index (κ2) is 11.3. The molecule has 5 rings (SSSR count). The van der Waals surface area contributed by atoms with Crippen LogP contribution >= 0.6 is 22.9 Å². The van der Waals surface area contributed by atoms with Crippen LogP contribution in [0.1, 0.15) is 54.3 Å². The average molecular weight is 549 g/mol. The molecule has 4 aromatic rings. The van der Waals surface area contributed by atoms with Crippen molar-refractivity contribution in [2.75, 3.05) is 11.9 Å². The van der Waals surface area contributed by atoms with Crippen molar-refractivity contribution in [3.63, 3.8) is 0 Å². The lowest BCUT2D eigenvalue weighted by Gasteiger charge is -2.34. The van der Waals surface area contributed by atoms with Crippen LogP contribution < -0.4 is 4.90 Å². The molecular weight excluding hydrogens is 519 g/mol. The summed E-state index contributed by atoms with van der Waals surface area (Å²) in [7, 11) is 1.73. The number of thiophene rings is 1. The van der Waals surface area contributed by atoms with Crippen LogP contribution in [0.15, 0.2) is 66.7 Å². The summed E-state index contributed by atoms with van der Waals surface area (Å²) in [4.78, 5) is 29.6. The Balaban J connectivity index is 1.47. The monoisotopic (exact) mass is 548 g/mol. The number of rotatable bonds is 6. The average Bonchev–Trinajstić information content (AvgIpc) is 3.28. The Bertz CT molecular complexity index is 1480. The zero-order valence-corrected chi connectivity index (χ0v) is 23.1. The minimum Gasteiger partial charge on any atom is -0.330 e. The maximum absolute atomic E-state index is 15.2. The molecule has 196 valence electrons. The molecule has 0 N–H and O–H groups in total. The molecule has 1 aliphatic carbocycles. The van der Waals surface area contributed by atoms with E-state index in [2.05, 4.69) is 0 Å². The first-order chi connectivity index (χ1) is 18.3. The highest BCUT2D eigenvalue weighted by molar-refractivity contribution is 7.21. The maximum atomic E-state index is 15.2. The number of nitrogens with zero attached hydrogens (tertiary/aromatic N) is 2. The predicted octanol–water partition coefficient (Wildman–Crippen LogP) is 8.32. The van der Waals surface area contributed by atoms with E-state index in [0.717, 1.165) is 59.0 Å². The van der Waals surface area contributed by atoms with Gasteiger partial charge in [-0.2, -0.15) is 0 Å². The van der Waals surface area contributed by atoms with Gasteiger partial charge in [0.2, 0.25) is 5.91 Å².